The summed E-state index contributed by atoms with van der Waals surface area (Å²) in [5, 5.41) is 8.88. The van der Waals surface area contributed by atoms with Crippen molar-refractivity contribution in [1.82, 2.24) is 29.4 Å². The van der Waals surface area contributed by atoms with Crippen LogP contribution in [0.3, 0.4) is 0 Å². The molecule has 0 aromatic carbocycles. The van der Waals surface area contributed by atoms with Gasteiger partial charge in [0.15, 0.2) is 0 Å². The zero-order chi connectivity index (χ0) is 18.8. The van der Waals surface area contributed by atoms with E-state index in [9.17, 15) is 4.79 Å². The van der Waals surface area contributed by atoms with Crippen LogP contribution in [0, 0.1) is 20.8 Å². The van der Waals surface area contributed by atoms with Crippen LogP contribution in [-0.4, -0.2) is 61.4 Å². The number of nitrogens with zero attached hydrogens (tertiary/aromatic N) is 6. The molecule has 0 spiro atoms. The van der Waals surface area contributed by atoms with Gasteiger partial charge in [-0.1, -0.05) is 0 Å². The molecule has 0 unspecified atom stereocenters. The summed E-state index contributed by atoms with van der Waals surface area (Å²) in [6.45, 7) is 11.0. The van der Waals surface area contributed by atoms with E-state index < -0.39 is 0 Å². The monoisotopic (exact) mass is 422 g/mol. The lowest BCUT2D eigenvalue weighted by molar-refractivity contribution is -0.133. The van der Waals surface area contributed by atoms with Crippen LogP contribution in [0.1, 0.15) is 29.1 Å². The fraction of sp³-hybridized carbons (Fsp3) is 0.611. The molecule has 0 N–H and O–H groups in total. The molecule has 0 atom stereocenters. The molecule has 1 aliphatic rings. The van der Waals surface area contributed by atoms with Crippen LogP contribution in [0.25, 0.3) is 0 Å². The molecule has 0 aliphatic carbocycles. The number of rotatable bonds is 5. The molecule has 0 bridgehead atoms. The Labute approximate surface area is 163 Å². The van der Waals surface area contributed by atoms with E-state index in [1.165, 1.54) is 5.56 Å². The van der Waals surface area contributed by atoms with Crippen molar-refractivity contribution in [1.29, 1.82) is 0 Å². The Hall–Kier alpha value is -1.67. The topological polar surface area (TPSA) is 59.2 Å². The SMILES string of the molecule is Cc1nn(C)cc1CN1CCN(C(=O)CCn2nc(C)c(Br)c2C)CC1. The normalized spacial score (nSPS) is 15.7. The minimum atomic E-state index is 0.214. The molecule has 26 heavy (non-hydrogen) atoms. The lowest BCUT2D eigenvalue weighted by Gasteiger charge is -2.34. The van der Waals surface area contributed by atoms with Gasteiger partial charge in [-0.2, -0.15) is 10.2 Å². The van der Waals surface area contributed by atoms with Gasteiger partial charge in [0.2, 0.25) is 5.91 Å². The first-order valence-electron chi connectivity index (χ1n) is 9.04. The van der Waals surface area contributed by atoms with E-state index in [1.54, 1.807) is 0 Å². The van der Waals surface area contributed by atoms with Gasteiger partial charge in [-0.15, -0.1) is 0 Å². The Kier molecular flexibility index (Phi) is 5.82. The maximum Gasteiger partial charge on any atom is 0.224 e. The van der Waals surface area contributed by atoms with Gasteiger partial charge in [0.05, 0.1) is 22.4 Å². The summed E-state index contributed by atoms with van der Waals surface area (Å²) in [6.07, 6.45) is 2.58. The highest BCUT2D eigenvalue weighted by Gasteiger charge is 2.22. The number of piperazine rings is 1. The molecule has 7 nitrogen and oxygen atoms in total. The number of hydrogen-bond acceptors (Lipinski definition) is 4. The van der Waals surface area contributed by atoms with Crippen LogP contribution in [0.15, 0.2) is 10.7 Å². The summed E-state index contributed by atoms with van der Waals surface area (Å²) < 4.78 is 4.81. The molecule has 3 rings (SSSR count). The Balaban J connectivity index is 1.47. The first kappa shape index (κ1) is 19.1. The fourth-order valence-corrected chi connectivity index (χ4v) is 3.74. The summed E-state index contributed by atoms with van der Waals surface area (Å²) in [4.78, 5) is 16.9. The summed E-state index contributed by atoms with van der Waals surface area (Å²) in [6, 6.07) is 0. The van der Waals surface area contributed by atoms with Crippen LogP contribution in [0.5, 0.6) is 0 Å². The number of aryl methyl sites for hydroxylation is 4. The molecule has 2 aromatic rings. The highest BCUT2D eigenvalue weighted by molar-refractivity contribution is 9.10. The fourth-order valence-electron chi connectivity index (χ4n) is 3.45. The van der Waals surface area contributed by atoms with Crippen LogP contribution in [0.2, 0.25) is 0 Å². The molecule has 2 aromatic heterocycles. The highest BCUT2D eigenvalue weighted by atomic mass is 79.9. The average Bonchev–Trinajstić information content (AvgIpc) is 3.06. The lowest BCUT2D eigenvalue weighted by atomic mass is 10.2. The second-order valence-corrected chi connectivity index (χ2v) is 7.82. The van der Waals surface area contributed by atoms with Crippen molar-refractivity contribution in [2.75, 3.05) is 26.2 Å². The zero-order valence-electron chi connectivity index (χ0n) is 16.0. The summed E-state index contributed by atoms with van der Waals surface area (Å²) in [5.74, 6) is 0.214. The smallest absolute Gasteiger partial charge is 0.224 e. The molecule has 1 saturated heterocycles. The van der Waals surface area contributed by atoms with Gasteiger partial charge in [-0.25, -0.2) is 0 Å². The van der Waals surface area contributed by atoms with Crippen molar-refractivity contribution >= 4 is 21.8 Å². The highest BCUT2D eigenvalue weighted by Crippen LogP contribution is 2.20. The largest absolute Gasteiger partial charge is 0.340 e. The molecule has 1 amide bonds. The van der Waals surface area contributed by atoms with E-state index in [2.05, 4.69) is 37.2 Å². The predicted octanol–water partition coefficient (Wildman–Crippen LogP) is 2.04. The number of amides is 1. The van der Waals surface area contributed by atoms with Gasteiger partial charge in [-0.05, 0) is 36.7 Å². The van der Waals surface area contributed by atoms with Gasteiger partial charge in [0, 0.05) is 63.6 Å². The number of hydrogen-bond donors (Lipinski definition) is 0. The van der Waals surface area contributed by atoms with Crippen LogP contribution < -0.4 is 0 Å². The van der Waals surface area contributed by atoms with Crippen molar-refractivity contribution < 1.29 is 4.79 Å². The second-order valence-electron chi connectivity index (χ2n) is 7.03. The molecular formula is C18H27BrN6O. The van der Waals surface area contributed by atoms with Gasteiger partial charge in [-0.3, -0.25) is 19.1 Å². The minimum Gasteiger partial charge on any atom is -0.340 e. The number of carbonyl (C=O) groups is 1. The summed E-state index contributed by atoms with van der Waals surface area (Å²) in [5.41, 5.74) is 4.39. The van der Waals surface area contributed by atoms with E-state index in [1.807, 2.05) is 42.1 Å². The van der Waals surface area contributed by atoms with E-state index in [-0.39, 0.29) is 5.91 Å². The summed E-state index contributed by atoms with van der Waals surface area (Å²) >= 11 is 3.53. The third kappa shape index (κ3) is 4.17. The Bertz CT molecular complexity index is 788. The van der Waals surface area contributed by atoms with E-state index >= 15 is 0 Å². The van der Waals surface area contributed by atoms with Gasteiger partial charge in [0.1, 0.15) is 0 Å². The number of halogens is 1. The quantitative estimate of drug-likeness (QED) is 0.739. The van der Waals surface area contributed by atoms with Crippen molar-refractivity contribution in [3.63, 3.8) is 0 Å². The third-order valence-corrected chi connectivity index (χ3v) is 6.21. The standard InChI is InChI=1S/C18H27BrN6O/c1-13-16(11-22(4)20-13)12-23-7-9-24(10-8-23)17(26)5-6-25-15(3)18(19)14(2)21-25/h11H,5-10,12H2,1-4H3. The Morgan fingerprint density at radius 2 is 1.81 bits per heavy atom. The van der Waals surface area contributed by atoms with Crippen molar-refractivity contribution in [2.24, 2.45) is 7.05 Å². The van der Waals surface area contributed by atoms with E-state index in [4.69, 9.17) is 0 Å². The van der Waals surface area contributed by atoms with Crippen molar-refractivity contribution in [3.8, 4) is 0 Å². The lowest BCUT2D eigenvalue weighted by Crippen LogP contribution is -2.48. The number of aromatic nitrogens is 4. The molecule has 0 saturated carbocycles. The van der Waals surface area contributed by atoms with Gasteiger partial charge < -0.3 is 4.90 Å². The van der Waals surface area contributed by atoms with Crippen LogP contribution >= 0.6 is 15.9 Å². The molecule has 0 radical (unpaired) electrons. The molecule has 8 heteroatoms. The van der Waals surface area contributed by atoms with Crippen LogP contribution in [-0.2, 0) is 24.9 Å². The number of carbonyl (C=O) groups excluding carboxylic acids is 1. The Morgan fingerprint density at radius 3 is 2.35 bits per heavy atom. The molecule has 3 heterocycles. The van der Waals surface area contributed by atoms with E-state index in [0.717, 1.165) is 54.3 Å². The minimum absolute atomic E-state index is 0.214. The van der Waals surface area contributed by atoms with Crippen molar-refractivity contribution in [3.05, 3.63) is 33.3 Å². The van der Waals surface area contributed by atoms with Gasteiger partial charge >= 0.3 is 0 Å². The molecule has 1 aliphatic heterocycles. The van der Waals surface area contributed by atoms with Crippen molar-refractivity contribution in [2.45, 2.75) is 40.3 Å². The molecule has 1 fully saturated rings. The van der Waals surface area contributed by atoms with Crippen LogP contribution in [0.4, 0.5) is 0 Å². The molecular weight excluding hydrogens is 396 g/mol. The van der Waals surface area contributed by atoms with Gasteiger partial charge in [0.25, 0.3) is 0 Å². The predicted molar refractivity (Wildman–Crippen MR) is 104 cm³/mol. The Morgan fingerprint density at radius 1 is 1.12 bits per heavy atom. The first-order chi connectivity index (χ1) is 12.3. The van der Waals surface area contributed by atoms with E-state index in [0.29, 0.717) is 13.0 Å². The summed E-state index contributed by atoms with van der Waals surface area (Å²) in [7, 11) is 1.95. The maximum atomic E-state index is 12.5. The zero-order valence-corrected chi connectivity index (χ0v) is 17.6. The average molecular weight is 423 g/mol. The maximum absolute atomic E-state index is 12.5. The second kappa shape index (κ2) is 7.92. The third-order valence-electron chi connectivity index (χ3n) is 5.06. The molecule has 142 valence electrons. The first-order valence-corrected chi connectivity index (χ1v) is 9.83.